The first-order valence-corrected chi connectivity index (χ1v) is 8.82. The summed E-state index contributed by atoms with van der Waals surface area (Å²) >= 11 is 3.35. The Labute approximate surface area is 164 Å². The highest BCUT2D eigenvalue weighted by Crippen LogP contribution is 2.37. The smallest absolute Gasteiger partial charge is 0.363 e. The minimum atomic E-state index is -0.537. The van der Waals surface area contributed by atoms with E-state index in [9.17, 15) is 9.59 Å². The summed E-state index contributed by atoms with van der Waals surface area (Å²) < 4.78 is 16.2. The number of hydrogen-bond donors (Lipinski definition) is 0. The summed E-state index contributed by atoms with van der Waals surface area (Å²) in [5.74, 6) is -0.129. The van der Waals surface area contributed by atoms with E-state index in [1.54, 1.807) is 18.2 Å². The third kappa shape index (κ3) is 4.25. The third-order valence-corrected chi connectivity index (χ3v) is 4.31. The minimum Gasteiger partial charge on any atom is -0.493 e. The monoisotopic (exact) mass is 429 g/mol. The van der Waals surface area contributed by atoms with Crippen LogP contribution >= 0.6 is 15.9 Å². The highest BCUT2D eigenvalue weighted by molar-refractivity contribution is 9.10. The van der Waals surface area contributed by atoms with E-state index in [-0.39, 0.29) is 17.3 Å². The SMILES string of the molecule is COc1cc(C=C2N=C(c3ccc(C)cc3)OC2=O)cc(Br)c1OC(C)=O. The van der Waals surface area contributed by atoms with Gasteiger partial charge in [-0.1, -0.05) is 17.7 Å². The van der Waals surface area contributed by atoms with Crippen LogP contribution in [0.1, 0.15) is 23.6 Å². The summed E-state index contributed by atoms with van der Waals surface area (Å²) in [7, 11) is 1.46. The van der Waals surface area contributed by atoms with Gasteiger partial charge < -0.3 is 14.2 Å². The van der Waals surface area contributed by atoms with E-state index in [0.29, 0.717) is 15.8 Å². The van der Waals surface area contributed by atoms with Crippen LogP contribution in [0.4, 0.5) is 0 Å². The van der Waals surface area contributed by atoms with Gasteiger partial charge in [0.05, 0.1) is 11.6 Å². The van der Waals surface area contributed by atoms with Crippen LogP contribution in [0, 0.1) is 6.92 Å². The molecule has 6 nitrogen and oxygen atoms in total. The number of rotatable bonds is 4. The molecule has 0 unspecified atom stereocenters. The first kappa shape index (κ1) is 18.8. The Morgan fingerprint density at radius 3 is 2.56 bits per heavy atom. The summed E-state index contributed by atoms with van der Waals surface area (Å²) in [6, 6.07) is 10.9. The number of esters is 2. The molecule has 0 amide bonds. The Morgan fingerprint density at radius 2 is 1.93 bits per heavy atom. The lowest BCUT2D eigenvalue weighted by Crippen LogP contribution is -2.05. The van der Waals surface area contributed by atoms with Crippen molar-refractivity contribution < 1.29 is 23.8 Å². The molecular weight excluding hydrogens is 414 g/mol. The molecule has 0 N–H and O–H groups in total. The molecule has 138 valence electrons. The molecule has 0 aromatic heterocycles. The first-order valence-electron chi connectivity index (χ1n) is 8.03. The van der Waals surface area contributed by atoms with Crippen molar-refractivity contribution in [1.82, 2.24) is 0 Å². The standard InChI is InChI=1S/C20H16BrNO5/c1-11-4-6-14(7-5-11)19-22-16(20(24)27-19)9-13-8-15(21)18(26-12(2)23)17(10-13)25-3/h4-10H,1-3H3. The fraction of sp³-hybridized carbons (Fsp3) is 0.150. The topological polar surface area (TPSA) is 74.2 Å². The normalized spacial score (nSPS) is 14.7. The van der Waals surface area contributed by atoms with Gasteiger partial charge in [-0.25, -0.2) is 9.79 Å². The molecule has 2 aromatic carbocycles. The highest BCUT2D eigenvalue weighted by atomic mass is 79.9. The number of benzene rings is 2. The number of aliphatic imine (C=N–C) groups is 1. The quantitative estimate of drug-likeness (QED) is 0.416. The summed E-state index contributed by atoms with van der Waals surface area (Å²) in [6.45, 7) is 3.28. The van der Waals surface area contributed by atoms with Crippen LogP contribution in [0.25, 0.3) is 6.08 Å². The molecule has 1 heterocycles. The molecule has 2 aromatic rings. The van der Waals surface area contributed by atoms with Crippen molar-refractivity contribution in [2.24, 2.45) is 4.99 Å². The highest BCUT2D eigenvalue weighted by Gasteiger charge is 2.24. The summed E-state index contributed by atoms with van der Waals surface area (Å²) in [6.07, 6.45) is 1.58. The Kier molecular flexibility index (Phi) is 5.41. The van der Waals surface area contributed by atoms with Crippen LogP contribution in [-0.2, 0) is 14.3 Å². The molecule has 27 heavy (non-hydrogen) atoms. The van der Waals surface area contributed by atoms with Crippen LogP contribution in [-0.4, -0.2) is 24.9 Å². The molecule has 0 fully saturated rings. The molecule has 0 spiro atoms. The van der Waals surface area contributed by atoms with E-state index in [1.807, 2.05) is 31.2 Å². The van der Waals surface area contributed by atoms with Gasteiger partial charge in [-0.05, 0) is 58.8 Å². The summed E-state index contributed by atoms with van der Waals surface area (Å²) in [4.78, 5) is 27.7. The van der Waals surface area contributed by atoms with Crippen LogP contribution in [0.3, 0.4) is 0 Å². The van der Waals surface area contributed by atoms with Gasteiger partial charge in [0, 0.05) is 12.5 Å². The van der Waals surface area contributed by atoms with Gasteiger partial charge in [-0.3, -0.25) is 4.79 Å². The van der Waals surface area contributed by atoms with Crippen molar-refractivity contribution in [3.8, 4) is 11.5 Å². The number of hydrogen-bond acceptors (Lipinski definition) is 6. The molecule has 0 saturated carbocycles. The molecule has 0 atom stereocenters. The lowest BCUT2D eigenvalue weighted by atomic mass is 10.1. The molecule has 0 bridgehead atoms. The van der Waals surface area contributed by atoms with Crippen LogP contribution in [0.15, 0.2) is 51.6 Å². The van der Waals surface area contributed by atoms with Crippen molar-refractivity contribution in [2.45, 2.75) is 13.8 Å². The molecule has 1 aliphatic rings. The van der Waals surface area contributed by atoms with Crippen molar-refractivity contribution in [1.29, 1.82) is 0 Å². The van der Waals surface area contributed by atoms with Gasteiger partial charge >= 0.3 is 11.9 Å². The maximum Gasteiger partial charge on any atom is 0.363 e. The van der Waals surface area contributed by atoms with E-state index < -0.39 is 11.9 Å². The predicted molar refractivity (Wildman–Crippen MR) is 104 cm³/mol. The lowest BCUT2D eigenvalue weighted by molar-refractivity contribution is -0.132. The molecule has 0 radical (unpaired) electrons. The number of ether oxygens (including phenoxy) is 3. The van der Waals surface area contributed by atoms with Gasteiger partial charge in [-0.2, -0.15) is 0 Å². The van der Waals surface area contributed by atoms with E-state index in [4.69, 9.17) is 14.2 Å². The van der Waals surface area contributed by atoms with Crippen LogP contribution < -0.4 is 9.47 Å². The largest absolute Gasteiger partial charge is 0.493 e. The molecular formula is C20H16BrNO5. The zero-order chi connectivity index (χ0) is 19.6. The predicted octanol–water partition coefficient (Wildman–Crippen LogP) is 4.04. The zero-order valence-electron chi connectivity index (χ0n) is 14.9. The second kappa shape index (κ2) is 7.75. The maximum absolute atomic E-state index is 12.2. The number of carbonyl (C=O) groups excluding carboxylic acids is 2. The minimum absolute atomic E-state index is 0.166. The van der Waals surface area contributed by atoms with Gasteiger partial charge in [0.25, 0.3) is 0 Å². The van der Waals surface area contributed by atoms with Gasteiger partial charge in [-0.15, -0.1) is 0 Å². The van der Waals surface area contributed by atoms with Crippen molar-refractivity contribution in [3.05, 3.63) is 63.3 Å². The number of cyclic esters (lactones) is 1. The van der Waals surface area contributed by atoms with E-state index in [2.05, 4.69) is 20.9 Å². The van der Waals surface area contributed by atoms with E-state index in [1.165, 1.54) is 14.0 Å². The van der Waals surface area contributed by atoms with Crippen LogP contribution in [0.2, 0.25) is 0 Å². The number of halogens is 1. The Balaban J connectivity index is 1.96. The van der Waals surface area contributed by atoms with Crippen molar-refractivity contribution in [2.75, 3.05) is 7.11 Å². The summed E-state index contributed by atoms with van der Waals surface area (Å²) in [5.41, 5.74) is 2.63. The number of carbonyl (C=O) groups is 2. The fourth-order valence-electron chi connectivity index (χ4n) is 2.45. The average molecular weight is 430 g/mol. The lowest BCUT2D eigenvalue weighted by Gasteiger charge is -2.11. The Morgan fingerprint density at radius 1 is 1.22 bits per heavy atom. The molecule has 3 rings (SSSR count). The van der Waals surface area contributed by atoms with Crippen molar-refractivity contribution >= 4 is 39.8 Å². The summed E-state index contributed by atoms with van der Waals surface area (Å²) in [5, 5.41) is 0. The molecule has 0 saturated heterocycles. The Bertz CT molecular complexity index is 977. The van der Waals surface area contributed by atoms with E-state index >= 15 is 0 Å². The second-order valence-electron chi connectivity index (χ2n) is 5.83. The average Bonchev–Trinajstić information content (AvgIpc) is 2.98. The Hall–Kier alpha value is -2.93. The second-order valence-corrected chi connectivity index (χ2v) is 6.68. The third-order valence-electron chi connectivity index (χ3n) is 3.72. The fourth-order valence-corrected chi connectivity index (χ4v) is 2.99. The van der Waals surface area contributed by atoms with Crippen LogP contribution in [0.5, 0.6) is 11.5 Å². The molecule has 7 heteroatoms. The maximum atomic E-state index is 12.2. The first-order chi connectivity index (χ1) is 12.9. The number of aryl methyl sites for hydroxylation is 1. The number of methoxy groups -OCH3 is 1. The molecule has 1 aliphatic heterocycles. The molecule has 0 aliphatic carbocycles. The van der Waals surface area contributed by atoms with Gasteiger partial charge in [0.2, 0.25) is 5.90 Å². The number of nitrogens with zero attached hydrogens (tertiary/aromatic N) is 1. The van der Waals surface area contributed by atoms with Gasteiger partial charge in [0.1, 0.15) is 0 Å². The van der Waals surface area contributed by atoms with Gasteiger partial charge in [0.15, 0.2) is 17.2 Å². The zero-order valence-corrected chi connectivity index (χ0v) is 16.5. The van der Waals surface area contributed by atoms with E-state index in [0.717, 1.165) is 11.1 Å². The van der Waals surface area contributed by atoms with Crippen molar-refractivity contribution in [3.63, 3.8) is 0 Å².